The van der Waals surface area contributed by atoms with Crippen LogP contribution in [0.3, 0.4) is 0 Å². The Morgan fingerprint density at radius 1 is 1.30 bits per heavy atom. The Balaban J connectivity index is 2.21. The molecule has 1 heterocycles. The number of ether oxygens (including phenoxy) is 1. The smallest absolute Gasteiger partial charge is 0.303 e. The molecule has 2 rings (SSSR count). The Morgan fingerprint density at radius 3 is 2.52 bits per heavy atom. The molecule has 1 aromatic rings. The molecule has 0 saturated carbocycles. The summed E-state index contributed by atoms with van der Waals surface area (Å²) in [5, 5.41) is 9.05. The molecular formula is C18H28N2O3. The van der Waals surface area contributed by atoms with Gasteiger partial charge in [-0.2, -0.15) is 0 Å². The maximum atomic E-state index is 11.0. The quantitative estimate of drug-likeness (QED) is 0.755. The van der Waals surface area contributed by atoms with Crippen LogP contribution in [-0.4, -0.2) is 42.3 Å². The summed E-state index contributed by atoms with van der Waals surface area (Å²) in [7, 11) is 0. The number of nitrogen functional groups attached to an aromatic ring is 1. The molecule has 1 aliphatic rings. The molecule has 0 unspecified atom stereocenters. The molecule has 0 aromatic heterocycles. The number of carboxylic acid groups (broad SMARTS) is 1. The van der Waals surface area contributed by atoms with Crippen LogP contribution in [0.1, 0.15) is 56.2 Å². The number of nitrogens with zero attached hydrogens (tertiary/aromatic N) is 1. The molecule has 1 saturated heterocycles. The lowest BCUT2D eigenvalue weighted by atomic mass is 9.90. The molecule has 128 valence electrons. The van der Waals surface area contributed by atoms with E-state index < -0.39 is 5.97 Å². The summed E-state index contributed by atoms with van der Waals surface area (Å²) in [5.74, 6) is -0.744. The molecule has 1 fully saturated rings. The zero-order valence-electron chi connectivity index (χ0n) is 14.1. The highest BCUT2D eigenvalue weighted by molar-refractivity contribution is 5.68. The number of aliphatic carboxylic acids is 1. The van der Waals surface area contributed by atoms with E-state index in [-0.39, 0.29) is 12.3 Å². The maximum absolute atomic E-state index is 11.0. The van der Waals surface area contributed by atoms with Crippen molar-refractivity contribution in [2.24, 2.45) is 0 Å². The van der Waals surface area contributed by atoms with Gasteiger partial charge in [0.05, 0.1) is 19.6 Å². The predicted octanol–water partition coefficient (Wildman–Crippen LogP) is 3.02. The fourth-order valence-electron chi connectivity index (χ4n) is 3.42. The van der Waals surface area contributed by atoms with Crippen LogP contribution in [-0.2, 0) is 9.53 Å². The van der Waals surface area contributed by atoms with Gasteiger partial charge in [-0.15, -0.1) is 0 Å². The lowest BCUT2D eigenvalue weighted by Crippen LogP contribution is -2.39. The Bertz CT molecular complexity index is 527. The van der Waals surface area contributed by atoms with Crippen LogP contribution in [0.2, 0.25) is 0 Å². The van der Waals surface area contributed by atoms with E-state index in [9.17, 15) is 4.79 Å². The van der Waals surface area contributed by atoms with Gasteiger partial charge >= 0.3 is 5.97 Å². The van der Waals surface area contributed by atoms with Crippen molar-refractivity contribution >= 4 is 11.7 Å². The van der Waals surface area contributed by atoms with Crippen LogP contribution in [0, 0.1) is 0 Å². The zero-order valence-corrected chi connectivity index (χ0v) is 14.1. The van der Waals surface area contributed by atoms with Gasteiger partial charge in [0.2, 0.25) is 0 Å². The van der Waals surface area contributed by atoms with Crippen LogP contribution in [0.4, 0.5) is 5.69 Å². The van der Waals surface area contributed by atoms with Crippen molar-refractivity contribution in [3.63, 3.8) is 0 Å². The fraction of sp³-hybridized carbons (Fsp3) is 0.611. The fourth-order valence-corrected chi connectivity index (χ4v) is 3.42. The second kappa shape index (κ2) is 8.31. The molecule has 23 heavy (non-hydrogen) atoms. The summed E-state index contributed by atoms with van der Waals surface area (Å²) in [6.07, 6.45) is 1.94. The van der Waals surface area contributed by atoms with Gasteiger partial charge in [-0.1, -0.05) is 26.0 Å². The molecule has 0 aliphatic carbocycles. The number of benzene rings is 1. The molecule has 2 atom stereocenters. The Kier molecular flexibility index (Phi) is 6.42. The number of carbonyl (C=O) groups is 1. The van der Waals surface area contributed by atoms with Crippen molar-refractivity contribution in [1.82, 2.24) is 4.90 Å². The van der Waals surface area contributed by atoms with E-state index in [4.69, 9.17) is 15.6 Å². The van der Waals surface area contributed by atoms with E-state index in [0.29, 0.717) is 6.04 Å². The third kappa shape index (κ3) is 4.45. The minimum atomic E-state index is -0.765. The minimum absolute atomic E-state index is 0.0207. The first-order valence-electron chi connectivity index (χ1n) is 8.49. The number of nitrogens with two attached hydrogens (primary N) is 1. The van der Waals surface area contributed by atoms with Crippen molar-refractivity contribution in [3.8, 4) is 0 Å². The number of morpholine rings is 1. The van der Waals surface area contributed by atoms with Crippen LogP contribution >= 0.6 is 0 Å². The third-order valence-corrected chi connectivity index (χ3v) is 4.73. The summed E-state index contributed by atoms with van der Waals surface area (Å²) in [4.78, 5) is 13.4. The number of carboxylic acids is 1. The molecule has 5 heteroatoms. The number of hydrogen-bond acceptors (Lipinski definition) is 4. The summed E-state index contributed by atoms with van der Waals surface area (Å²) in [6, 6.07) is 6.40. The molecular weight excluding hydrogens is 292 g/mol. The standard InChI is InChI=1S/C18H28N2O3/c1-3-13(12-18(21)22)14-5-6-15(16(19)11-14)17(4-2)20-7-9-23-10-8-20/h5-6,11,13,17H,3-4,7-10,12,19H2,1-2H3,(H,21,22)/t13-,17+/m0/s1. The molecule has 0 amide bonds. The summed E-state index contributed by atoms with van der Waals surface area (Å²) >= 11 is 0. The second-order valence-electron chi connectivity index (χ2n) is 6.16. The highest BCUT2D eigenvalue weighted by Gasteiger charge is 2.23. The third-order valence-electron chi connectivity index (χ3n) is 4.73. The molecule has 1 aliphatic heterocycles. The van der Waals surface area contributed by atoms with Gasteiger partial charge in [0.15, 0.2) is 0 Å². The van der Waals surface area contributed by atoms with E-state index in [1.807, 2.05) is 19.1 Å². The SMILES string of the molecule is CC[C@@H](CC(=O)O)c1ccc([C@@H](CC)N2CCOCC2)c(N)c1. The van der Waals surface area contributed by atoms with Gasteiger partial charge in [0.1, 0.15) is 0 Å². The molecule has 0 spiro atoms. The monoisotopic (exact) mass is 320 g/mol. The average Bonchev–Trinajstić information content (AvgIpc) is 2.55. The molecule has 0 radical (unpaired) electrons. The summed E-state index contributed by atoms with van der Waals surface area (Å²) in [6.45, 7) is 7.58. The minimum Gasteiger partial charge on any atom is -0.481 e. The van der Waals surface area contributed by atoms with Gasteiger partial charge in [-0.25, -0.2) is 0 Å². The van der Waals surface area contributed by atoms with Crippen molar-refractivity contribution in [3.05, 3.63) is 29.3 Å². The Labute approximate surface area is 138 Å². The van der Waals surface area contributed by atoms with Crippen LogP contribution < -0.4 is 5.73 Å². The topological polar surface area (TPSA) is 75.8 Å². The van der Waals surface area contributed by atoms with Gasteiger partial charge in [0.25, 0.3) is 0 Å². The first kappa shape index (κ1) is 17.8. The lowest BCUT2D eigenvalue weighted by Gasteiger charge is -2.35. The number of hydrogen-bond donors (Lipinski definition) is 2. The van der Waals surface area contributed by atoms with Crippen LogP contribution in [0.25, 0.3) is 0 Å². The number of anilines is 1. The van der Waals surface area contributed by atoms with E-state index in [1.54, 1.807) is 0 Å². The first-order valence-corrected chi connectivity index (χ1v) is 8.49. The van der Waals surface area contributed by atoms with Gasteiger partial charge in [0, 0.05) is 24.8 Å². The second-order valence-corrected chi connectivity index (χ2v) is 6.16. The summed E-state index contributed by atoms with van der Waals surface area (Å²) in [5.41, 5.74) is 9.25. The van der Waals surface area contributed by atoms with E-state index in [2.05, 4.69) is 17.9 Å². The highest BCUT2D eigenvalue weighted by atomic mass is 16.5. The largest absolute Gasteiger partial charge is 0.481 e. The Hall–Kier alpha value is -1.59. The van der Waals surface area contributed by atoms with E-state index in [1.165, 1.54) is 0 Å². The van der Waals surface area contributed by atoms with Crippen LogP contribution in [0.5, 0.6) is 0 Å². The van der Waals surface area contributed by atoms with E-state index in [0.717, 1.165) is 56.0 Å². The van der Waals surface area contributed by atoms with Crippen molar-refractivity contribution < 1.29 is 14.6 Å². The van der Waals surface area contributed by atoms with Crippen molar-refractivity contribution in [2.45, 2.75) is 45.1 Å². The first-order chi connectivity index (χ1) is 11.1. The van der Waals surface area contributed by atoms with Gasteiger partial charge < -0.3 is 15.6 Å². The van der Waals surface area contributed by atoms with Crippen molar-refractivity contribution in [2.75, 3.05) is 32.0 Å². The maximum Gasteiger partial charge on any atom is 0.303 e. The van der Waals surface area contributed by atoms with Gasteiger partial charge in [-0.3, -0.25) is 9.69 Å². The van der Waals surface area contributed by atoms with Gasteiger partial charge in [-0.05, 0) is 36.0 Å². The van der Waals surface area contributed by atoms with Crippen LogP contribution in [0.15, 0.2) is 18.2 Å². The van der Waals surface area contributed by atoms with E-state index >= 15 is 0 Å². The molecule has 5 nitrogen and oxygen atoms in total. The molecule has 3 N–H and O–H groups in total. The molecule has 0 bridgehead atoms. The normalized spacial score (nSPS) is 18.5. The summed E-state index contributed by atoms with van der Waals surface area (Å²) < 4.78 is 5.43. The highest BCUT2D eigenvalue weighted by Crippen LogP contribution is 2.33. The van der Waals surface area contributed by atoms with Crippen molar-refractivity contribution in [1.29, 1.82) is 0 Å². The zero-order chi connectivity index (χ0) is 16.8. The number of rotatable bonds is 7. The average molecular weight is 320 g/mol. The lowest BCUT2D eigenvalue weighted by molar-refractivity contribution is -0.137. The predicted molar refractivity (Wildman–Crippen MR) is 91.6 cm³/mol. The molecule has 1 aromatic carbocycles. The Morgan fingerprint density at radius 2 is 2.00 bits per heavy atom.